The van der Waals surface area contributed by atoms with Crippen molar-refractivity contribution in [3.63, 3.8) is 0 Å². The molecular weight excluding hydrogens is 232 g/mol. The van der Waals surface area contributed by atoms with Gasteiger partial charge in [-0.3, -0.25) is 4.79 Å². The molecule has 4 heteroatoms. The van der Waals surface area contributed by atoms with Crippen molar-refractivity contribution in [2.24, 2.45) is 0 Å². The minimum absolute atomic E-state index is 0.203. The Bertz CT molecular complexity index is 502. The lowest BCUT2D eigenvalue weighted by atomic mass is 10.0. The molecule has 94 valence electrons. The van der Waals surface area contributed by atoms with Gasteiger partial charge in [0.15, 0.2) is 17.6 Å². The summed E-state index contributed by atoms with van der Waals surface area (Å²) in [6.45, 7) is 1.84. The van der Waals surface area contributed by atoms with Gasteiger partial charge in [-0.2, -0.15) is 0 Å². The molecular formula is C14H14O4. The molecule has 0 radical (unpaired) electrons. The normalized spacial score (nSPS) is 18.9. The molecule has 0 fully saturated rings. The van der Waals surface area contributed by atoms with E-state index in [9.17, 15) is 14.7 Å². The zero-order valence-corrected chi connectivity index (χ0v) is 10.1. The predicted octanol–water partition coefficient (Wildman–Crippen LogP) is 2.47. The second-order valence-corrected chi connectivity index (χ2v) is 4.13. The van der Waals surface area contributed by atoms with Crippen molar-refractivity contribution in [3.8, 4) is 0 Å². The fourth-order valence-electron chi connectivity index (χ4n) is 1.92. The van der Waals surface area contributed by atoms with Crippen molar-refractivity contribution in [2.45, 2.75) is 25.9 Å². The van der Waals surface area contributed by atoms with Crippen molar-refractivity contribution < 1.29 is 19.4 Å². The van der Waals surface area contributed by atoms with E-state index in [1.807, 2.05) is 13.0 Å². The summed E-state index contributed by atoms with van der Waals surface area (Å²) in [4.78, 5) is 23.3. The highest BCUT2D eigenvalue weighted by molar-refractivity contribution is 6.19. The maximum Gasteiger partial charge on any atom is 0.346 e. The molecule has 1 aromatic rings. The third-order valence-corrected chi connectivity index (χ3v) is 2.79. The van der Waals surface area contributed by atoms with Crippen molar-refractivity contribution in [2.75, 3.05) is 0 Å². The van der Waals surface area contributed by atoms with E-state index in [0.29, 0.717) is 12.0 Å². The number of carbonyl (C=O) groups is 2. The number of ether oxygens (including phenoxy) is 1. The fraction of sp³-hybridized carbons (Fsp3) is 0.286. The third kappa shape index (κ3) is 2.14. The van der Waals surface area contributed by atoms with E-state index in [2.05, 4.69) is 0 Å². The van der Waals surface area contributed by atoms with Crippen LogP contribution in [0.3, 0.4) is 0 Å². The van der Waals surface area contributed by atoms with Gasteiger partial charge in [0, 0.05) is 12.0 Å². The average Bonchev–Trinajstić information content (AvgIpc) is 2.66. The summed E-state index contributed by atoms with van der Waals surface area (Å²) >= 11 is 0. The number of aliphatic hydroxyl groups excluding tert-OH is 1. The largest absolute Gasteiger partial charge is 0.507 e. The number of hydrogen-bond acceptors (Lipinski definition) is 4. The first-order valence-electron chi connectivity index (χ1n) is 5.87. The minimum Gasteiger partial charge on any atom is -0.507 e. The van der Waals surface area contributed by atoms with Gasteiger partial charge < -0.3 is 9.84 Å². The zero-order chi connectivity index (χ0) is 13.1. The number of benzene rings is 1. The second-order valence-electron chi connectivity index (χ2n) is 4.13. The number of hydrogen-bond donors (Lipinski definition) is 1. The van der Waals surface area contributed by atoms with Crippen LogP contribution >= 0.6 is 0 Å². The standard InChI is InChI=1S/C14H14O4/c1-2-6-10(15)11-12(16)13(18-14(11)17)9-7-4-3-5-8-9/h3-5,7-8,13,16H,2,6H2,1H3. The Labute approximate surface area is 105 Å². The number of rotatable bonds is 4. The average molecular weight is 246 g/mol. The summed E-state index contributed by atoms with van der Waals surface area (Å²) in [5.41, 5.74) is 0.452. The molecule has 18 heavy (non-hydrogen) atoms. The molecule has 1 atom stereocenters. The van der Waals surface area contributed by atoms with Crippen LogP contribution in [0.15, 0.2) is 41.7 Å². The molecule has 2 rings (SSSR count). The molecule has 1 aliphatic rings. The molecule has 0 amide bonds. The second kappa shape index (κ2) is 5.04. The summed E-state index contributed by atoms with van der Waals surface area (Å²) in [7, 11) is 0. The van der Waals surface area contributed by atoms with E-state index in [4.69, 9.17) is 4.74 Å². The molecule has 1 heterocycles. The number of aliphatic hydroxyl groups is 1. The van der Waals surface area contributed by atoms with Crippen molar-refractivity contribution in [3.05, 3.63) is 47.2 Å². The third-order valence-electron chi connectivity index (χ3n) is 2.79. The van der Waals surface area contributed by atoms with Crippen LogP contribution in [0, 0.1) is 0 Å². The lowest BCUT2D eigenvalue weighted by molar-refractivity contribution is -0.141. The molecule has 1 unspecified atom stereocenters. The molecule has 0 spiro atoms. The topological polar surface area (TPSA) is 63.6 Å². The van der Waals surface area contributed by atoms with Crippen LogP contribution in [0.4, 0.5) is 0 Å². The molecule has 1 N–H and O–H groups in total. The number of ketones is 1. The molecule has 0 aromatic heterocycles. The Morgan fingerprint density at radius 2 is 2.00 bits per heavy atom. The molecule has 1 aromatic carbocycles. The van der Waals surface area contributed by atoms with Crippen molar-refractivity contribution >= 4 is 11.8 Å². The monoisotopic (exact) mass is 246 g/mol. The SMILES string of the molecule is CCCC(=O)C1=C(O)C(c2ccccc2)OC1=O. The van der Waals surface area contributed by atoms with Gasteiger partial charge in [-0.25, -0.2) is 4.79 Å². The highest BCUT2D eigenvalue weighted by Gasteiger charge is 2.38. The van der Waals surface area contributed by atoms with Crippen LogP contribution < -0.4 is 0 Å². The first-order chi connectivity index (χ1) is 8.65. The molecule has 0 saturated heterocycles. The van der Waals surface area contributed by atoms with Crippen LogP contribution in [-0.4, -0.2) is 16.9 Å². The number of Topliss-reactive ketones (excluding diaryl/α,β-unsaturated/α-hetero) is 1. The Balaban J connectivity index is 2.33. The summed E-state index contributed by atoms with van der Waals surface area (Å²) in [6.07, 6.45) is 0.00374. The van der Waals surface area contributed by atoms with E-state index >= 15 is 0 Å². The highest BCUT2D eigenvalue weighted by atomic mass is 16.6. The molecule has 0 saturated carbocycles. The quantitative estimate of drug-likeness (QED) is 0.654. The Morgan fingerprint density at radius 3 is 2.61 bits per heavy atom. The maximum absolute atomic E-state index is 11.7. The lowest BCUT2D eigenvalue weighted by Gasteiger charge is -2.09. The van der Waals surface area contributed by atoms with E-state index in [0.717, 1.165) is 0 Å². The first kappa shape index (κ1) is 12.4. The lowest BCUT2D eigenvalue weighted by Crippen LogP contribution is -2.10. The van der Waals surface area contributed by atoms with Gasteiger partial charge in [0.2, 0.25) is 0 Å². The van der Waals surface area contributed by atoms with Crippen LogP contribution in [-0.2, 0) is 14.3 Å². The smallest absolute Gasteiger partial charge is 0.346 e. The number of carbonyl (C=O) groups excluding carboxylic acids is 2. The summed E-state index contributed by atoms with van der Waals surface area (Å²) in [6, 6.07) is 8.86. The Morgan fingerprint density at radius 1 is 1.33 bits per heavy atom. The minimum atomic E-state index is -0.852. The summed E-state index contributed by atoms with van der Waals surface area (Å²) in [5, 5.41) is 9.98. The van der Waals surface area contributed by atoms with E-state index < -0.39 is 12.1 Å². The van der Waals surface area contributed by atoms with E-state index in [1.165, 1.54) is 0 Å². The molecule has 1 aliphatic heterocycles. The number of esters is 1. The van der Waals surface area contributed by atoms with Gasteiger partial charge >= 0.3 is 5.97 Å². The van der Waals surface area contributed by atoms with Crippen LogP contribution in [0.5, 0.6) is 0 Å². The van der Waals surface area contributed by atoms with E-state index in [1.54, 1.807) is 24.3 Å². The van der Waals surface area contributed by atoms with Gasteiger partial charge in [0.05, 0.1) is 0 Å². The number of cyclic esters (lactones) is 1. The van der Waals surface area contributed by atoms with Crippen LogP contribution in [0.2, 0.25) is 0 Å². The Hall–Kier alpha value is -2.10. The van der Waals surface area contributed by atoms with Gasteiger partial charge in [0.25, 0.3) is 0 Å². The van der Waals surface area contributed by atoms with Gasteiger partial charge in [0.1, 0.15) is 5.57 Å². The summed E-state index contributed by atoms with van der Waals surface area (Å²) < 4.78 is 5.06. The fourth-order valence-corrected chi connectivity index (χ4v) is 1.92. The van der Waals surface area contributed by atoms with Gasteiger partial charge in [-0.15, -0.1) is 0 Å². The maximum atomic E-state index is 11.7. The molecule has 0 aliphatic carbocycles. The van der Waals surface area contributed by atoms with Crippen LogP contribution in [0.25, 0.3) is 0 Å². The van der Waals surface area contributed by atoms with Gasteiger partial charge in [-0.1, -0.05) is 37.3 Å². The summed E-state index contributed by atoms with van der Waals surface area (Å²) in [5.74, 6) is -1.37. The molecule has 4 nitrogen and oxygen atoms in total. The van der Waals surface area contributed by atoms with Crippen molar-refractivity contribution in [1.29, 1.82) is 0 Å². The molecule has 0 bridgehead atoms. The van der Waals surface area contributed by atoms with E-state index in [-0.39, 0.29) is 23.5 Å². The van der Waals surface area contributed by atoms with Crippen LogP contribution in [0.1, 0.15) is 31.4 Å². The zero-order valence-electron chi connectivity index (χ0n) is 10.1. The highest BCUT2D eigenvalue weighted by Crippen LogP contribution is 2.34. The predicted molar refractivity (Wildman–Crippen MR) is 64.8 cm³/mol. The Kier molecular flexibility index (Phi) is 3.46. The first-order valence-corrected chi connectivity index (χ1v) is 5.87. The van der Waals surface area contributed by atoms with Crippen molar-refractivity contribution in [1.82, 2.24) is 0 Å². The van der Waals surface area contributed by atoms with Gasteiger partial charge in [-0.05, 0) is 6.42 Å².